The molecule has 0 spiro atoms. The number of hydrogen-bond acceptors (Lipinski definition) is 6. The Morgan fingerprint density at radius 3 is 2.46 bits per heavy atom. The highest BCUT2D eigenvalue weighted by atomic mass is 16.3. The second kappa shape index (κ2) is 7.08. The molecular formula is C22H17N5O. The molecule has 3 aromatic heterocycles. The van der Waals surface area contributed by atoms with Crippen LogP contribution in [0.5, 0.6) is 0 Å². The molecule has 0 radical (unpaired) electrons. The normalized spacial score (nSPS) is 11.1. The molecule has 0 bridgehead atoms. The summed E-state index contributed by atoms with van der Waals surface area (Å²) in [5.41, 5.74) is 3.72. The number of anilines is 1. The van der Waals surface area contributed by atoms with Gasteiger partial charge in [-0.15, -0.1) is 5.10 Å². The Balaban J connectivity index is 1.44. The zero-order valence-corrected chi connectivity index (χ0v) is 15.0. The molecule has 5 rings (SSSR count). The summed E-state index contributed by atoms with van der Waals surface area (Å²) in [6, 6.07) is 19.9. The molecule has 0 saturated heterocycles. The van der Waals surface area contributed by atoms with Crippen LogP contribution in [0.25, 0.3) is 21.9 Å². The van der Waals surface area contributed by atoms with Crippen LogP contribution in [0.15, 0.2) is 77.5 Å². The molecule has 0 atom stereocenters. The average molecular weight is 367 g/mol. The van der Waals surface area contributed by atoms with Gasteiger partial charge >= 0.3 is 0 Å². The van der Waals surface area contributed by atoms with Gasteiger partial charge in [0.25, 0.3) is 0 Å². The molecule has 5 aromatic rings. The summed E-state index contributed by atoms with van der Waals surface area (Å²) in [5, 5.41) is 14.3. The number of benzene rings is 2. The predicted octanol–water partition coefficient (Wildman–Crippen LogP) is 4.37. The summed E-state index contributed by atoms with van der Waals surface area (Å²) in [7, 11) is 0. The van der Waals surface area contributed by atoms with Crippen LogP contribution in [0, 0.1) is 0 Å². The van der Waals surface area contributed by atoms with Crippen molar-refractivity contribution >= 4 is 27.7 Å². The van der Waals surface area contributed by atoms with Gasteiger partial charge in [-0.1, -0.05) is 36.4 Å². The molecule has 28 heavy (non-hydrogen) atoms. The highest BCUT2D eigenvalue weighted by Gasteiger charge is 2.11. The molecule has 0 aliphatic carbocycles. The fraction of sp³-hybridized carbons (Fsp3) is 0.0909. The second-order valence-corrected chi connectivity index (χ2v) is 6.50. The Labute approximate surface area is 161 Å². The Morgan fingerprint density at radius 2 is 1.61 bits per heavy atom. The van der Waals surface area contributed by atoms with E-state index in [0.717, 1.165) is 38.9 Å². The first-order valence-electron chi connectivity index (χ1n) is 9.08. The van der Waals surface area contributed by atoms with Gasteiger partial charge in [0, 0.05) is 29.6 Å². The van der Waals surface area contributed by atoms with Gasteiger partial charge in [-0.05, 0) is 29.8 Å². The third-order valence-electron chi connectivity index (χ3n) is 4.63. The van der Waals surface area contributed by atoms with E-state index in [1.165, 1.54) is 0 Å². The monoisotopic (exact) mass is 367 g/mol. The van der Waals surface area contributed by atoms with Crippen molar-refractivity contribution < 1.29 is 4.42 Å². The second-order valence-electron chi connectivity index (χ2n) is 6.50. The topological polar surface area (TPSA) is 76.7 Å². The number of rotatable bonds is 5. The standard InChI is InChI=1S/C22H17N5O/c1-2-6-17-16(5-1)19(13-15-9-11-23-12-10-15)26-27-22(17)24-14-21-25-18-7-3-4-8-20(18)28-21/h1-12H,13-14H2,(H,24,27). The largest absolute Gasteiger partial charge is 0.439 e. The lowest BCUT2D eigenvalue weighted by atomic mass is 10.1. The van der Waals surface area contributed by atoms with Crippen LogP contribution in [0.2, 0.25) is 0 Å². The van der Waals surface area contributed by atoms with E-state index in [-0.39, 0.29) is 0 Å². The van der Waals surface area contributed by atoms with Crippen LogP contribution in [-0.4, -0.2) is 20.2 Å². The van der Waals surface area contributed by atoms with Crippen molar-refractivity contribution in [2.24, 2.45) is 0 Å². The van der Waals surface area contributed by atoms with E-state index >= 15 is 0 Å². The van der Waals surface area contributed by atoms with Crippen molar-refractivity contribution in [2.75, 3.05) is 5.32 Å². The lowest BCUT2D eigenvalue weighted by Gasteiger charge is -2.10. The number of nitrogens with zero attached hydrogens (tertiary/aromatic N) is 4. The Bertz CT molecular complexity index is 1220. The highest BCUT2D eigenvalue weighted by Crippen LogP contribution is 2.25. The van der Waals surface area contributed by atoms with E-state index in [2.05, 4.69) is 37.6 Å². The van der Waals surface area contributed by atoms with Crippen molar-refractivity contribution in [1.29, 1.82) is 0 Å². The number of para-hydroxylation sites is 2. The number of hydrogen-bond donors (Lipinski definition) is 1. The zero-order valence-electron chi connectivity index (χ0n) is 15.0. The van der Waals surface area contributed by atoms with Crippen LogP contribution >= 0.6 is 0 Å². The van der Waals surface area contributed by atoms with Crippen molar-refractivity contribution in [1.82, 2.24) is 20.2 Å². The average Bonchev–Trinajstić information content (AvgIpc) is 3.17. The molecule has 0 unspecified atom stereocenters. The van der Waals surface area contributed by atoms with Crippen LogP contribution in [0.1, 0.15) is 17.1 Å². The van der Waals surface area contributed by atoms with Crippen molar-refractivity contribution in [3.63, 3.8) is 0 Å². The molecule has 0 aliphatic rings. The highest BCUT2D eigenvalue weighted by molar-refractivity contribution is 5.93. The van der Waals surface area contributed by atoms with Gasteiger partial charge in [-0.25, -0.2) is 4.98 Å². The smallest absolute Gasteiger partial charge is 0.214 e. The maximum atomic E-state index is 5.78. The molecular weight excluding hydrogens is 350 g/mol. The zero-order chi connectivity index (χ0) is 18.8. The van der Waals surface area contributed by atoms with Gasteiger partial charge in [-0.2, -0.15) is 5.10 Å². The van der Waals surface area contributed by atoms with Gasteiger partial charge in [0.2, 0.25) is 5.89 Å². The number of pyridine rings is 1. The van der Waals surface area contributed by atoms with E-state index in [4.69, 9.17) is 4.42 Å². The van der Waals surface area contributed by atoms with Gasteiger partial charge in [0.05, 0.1) is 12.2 Å². The molecule has 6 nitrogen and oxygen atoms in total. The van der Waals surface area contributed by atoms with E-state index in [0.29, 0.717) is 18.9 Å². The van der Waals surface area contributed by atoms with Crippen LogP contribution in [0.4, 0.5) is 5.82 Å². The maximum Gasteiger partial charge on any atom is 0.214 e. The van der Waals surface area contributed by atoms with Crippen molar-refractivity contribution in [3.8, 4) is 0 Å². The van der Waals surface area contributed by atoms with Crippen molar-refractivity contribution in [3.05, 3.63) is 90.2 Å². The number of nitrogens with one attached hydrogen (secondary N) is 1. The third kappa shape index (κ3) is 3.16. The first kappa shape index (κ1) is 16.4. The summed E-state index contributed by atoms with van der Waals surface area (Å²) < 4.78 is 5.78. The summed E-state index contributed by atoms with van der Waals surface area (Å²) in [4.78, 5) is 8.57. The quantitative estimate of drug-likeness (QED) is 0.497. The Kier molecular flexibility index (Phi) is 4.14. The minimum absolute atomic E-state index is 0.442. The van der Waals surface area contributed by atoms with Crippen LogP contribution < -0.4 is 5.32 Å². The lowest BCUT2D eigenvalue weighted by Crippen LogP contribution is -2.06. The Morgan fingerprint density at radius 1 is 0.821 bits per heavy atom. The summed E-state index contributed by atoms with van der Waals surface area (Å²) in [6.07, 6.45) is 4.30. The van der Waals surface area contributed by atoms with Crippen molar-refractivity contribution in [2.45, 2.75) is 13.0 Å². The molecule has 2 aromatic carbocycles. The minimum atomic E-state index is 0.442. The van der Waals surface area contributed by atoms with E-state index in [9.17, 15) is 0 Å². The molecule has 0 saturated carbocycles. The van der Waals surface area contributed by atoms with E-state index in [1.54, 1.807) is 12.4 Å². The molecule has 0 amide bonds. The molecule has 0 aliphatic heterocycles. The molecule has 6 heteroatoms. The first-order chi connectivity index (χ1) is 13.9. The third-order valence-corrected chi connectivity index (χ3v) is 4.63. The molecule has 1 N–H and O–H groups in total. The molecule has 3 heterocycles. The fourth-order valence-corrected chi connectivity index (χ4v) is 3.27. The first-order valence-corrected chi connectivity index (χ1v) is 9.08. The van der Waals surface area contributed by atoms with Gasteiger partial charge in [0.15, 0.2) is 11.4 Å². The number of oxazole rings is 1. The fourth-order valence-electron chi connectivity index (χ4n) is 3.27. The molecule has 136 valence electrons. The maximum absolute atomic E-state index is 5.78. The van der Waals surface area contributed by atoms with Gasteiger partial charge < -0.3 is 9.73 Å². The SMILES string of the molecule is c1ccc2oc(CNc3nnc(Cc4ccncc4)c4ccccc34)nc2c1. The summed E-state index contributed by atoms with van der Waals surface area (Å²) in [6.45, 7) is 0.442. The van der Waals surface area contributed by atoms with Gasteiger partial charge in [0.1, 0.15) is 5.52 Å². The summed E-state index contributed by atoms with van der Waals surface area (Å²) in [5.74, 6) is 1.34. The lowest BCUT2D eigenvalue weighted by molar-refractivity contribution is 0.540. The minimum Gasteiger partial charge on any atom is -0.439 e. The summed E-state index contributed by atoms with van der Waals surface area (Å²) >= 11 is 0. The predicted molar refractivity (Wildman–Crippen MR) is 108 cm³/mol. The van der Waals surface area contributed by atoms with E-state index in [1.807, 2.05) is 48.5 Å². The number of fused-ring (bicyclic) bond motifs is 2. The van der Waals surface area contributed by atoms with Gasteiger partial charge in [-0.3, -0.25) is 4.98 Å². The number of aromatic nitrogens is 4. The van der Waals surface area contributed by atoms with Crippen LogP contribution in [-0.2, 0) is 13.0 Å². The van der Waals surface area contributed by atoms with E-state index < -0.39 is 0 Å². The Hall–Kier alpha value is -3.80. The molecule has 0 fully saturated rings. The van der Waals surface area contributed by atoms with Crippen LogP contribution in [0.3, 0.4) is 0 Å².